The van der Waals surface area contributed by atoms with Gasteiger partial charge < -0.3 is 5.73 Å². The molecule has 0 spiro atoms. The molecule has 2 N–H and O–H groups in total. The molecule has 0 bridgehead atoms. The van der Waals surface area contributed by atoms with Crippen molar-refractivity contribution in [1.29, 1.82) is 0 Å². The Morgan fingerprint density at radius 3 is 2.43 bits per heavy atom. The molecule has 1 aromatic carbocycles. The van der Waals surface area contributed by atoms with Crippen molar-refractivity contribution in [2.75, 3.05) is 0 Å². The Morgan fingerprint density at radius 1 is 1.29 bits per heavy atom. The van der Waals surface area contributed by atoms with E-state index in [-0.39, 0.29) is 6.04 Å². The first kappa shape index (κ1) is 16.8. The Kier molecular flexibility index (Phi) is 5.72. The highest BCUT2D eigenvalue weighted by atomic mass is 79.9. The number of aromatic nitrogens is 2. The van der Waals surface area contributed by atoms with Crippen LogP contribution in [-0.4, -0.2) is 9.78 Å². The van der Waals surface area contributed by atoms with Crippen molar-refractivity contribution in [1.82, 2.24) is 9.78 Å². The molecule has 1 heterocycles. The maximum Gasteiger partial charge on any atom is 0.0766 e. The van der Waals surface area contributed by atoms with Gasteiger partial charge in [-0.3, -0.25) is 4.68 Å². The van der Waals surface area contributed by atoms with Gasteiger partial charge in [0, 0.05) is 34.6 Å². The van der Waals surface area contributed by atoms with Gasteiger partial charge in [0.1, 0.15) is 0 Å². The maximum atomic E-state index is 6.34. The quantitative estimate of drug-likeness (QED) is 0.798. The minimum Gasteiger partial charge on any atom is -0.324 e. The number of aryl methyl sites for hydroxylation is 2. The molecule has 0 saturated carbocycles. The van der Waals surface area contributed by atoms with E-state index in [0.717, 1.165) is 34.4 Å². The van der Waals surface area contributed by atoms with E-state index >= 15 is 0 Å². The van der Waals surface area contributed by atoms with E-state index in [9.17, 15) is 0 Å². The highest BCUT2D eigenvalue weighted by Crippen LogP contribution is 2.33. The molecule has 1 aromatic heterocycles. The lowest BCUT2D eigenvalue weighted by molar-refractivity contribution is 0.584. The first-order valence-corrected chi connectivity index (χ1v) is 8.47. The highest BCUT2D eigenvalue weighted by Gasteiger charge is 2.20. The summed E-state index contributed by atoms with van der Waals surface area (Å²) < 4.78 is 3.01. The zero-order valence-electron chi connectivity index (χ0n) is 12.0. The van der Waals surface area contributed by atoms with E-state index in [1.165, 1.54) is 0 Å². The fourth-order valence-electron chi connectivity index (χ4n) is 2.39. The molecular formula is C15H18BrCl2N3. The number of halogens is 3. The molecule has 0 saturated heterocycles. The summed E-state index contributed by atoms with van der Waals surface area (Å²) in [7, 11) is 0. The minimum absolute atomic E-state index is 0.269. The number of nitrogens with two attached hydrogens (primary N) is 1. The molecule has 0 aliphatic carbocycles. The third-order valence-corrected chi connectivity index (χ3v) is 5.05. The van der Waals surface area contributed by atoms with Crippen molar-refractivity contribution in [3.05, 3.63) is 49.7 Å². The summed E-state index contributed by atoms with van der Waals surface area (Å²) in [4.78, 5) is 0. The van der Waals surface area contributed by atoms with Gasteiger partial charge in [-0.15, -0.1) is 0 Å². The predicted octanol–water partition coefficient (Wildman–Crippen LogP) is 4.78. The SMILES string of the molecule is CCc1nn(CC)c(CC(N)c2c(Cl)cccc2Cl)c1Br. The minimum atomic E-state index is -0.269. The Hall–Kier alpha value is -0.550. The monoisotopic (exact) mass is 389 g/mol. The smallest absolute Gasteiger partial charge is 0.0766 e. The Labute approximate surface area is 143 Å². The van der Waals surface area contributed by atoms with Gasteiger partial charge in [-0.25, -0.2) is 0 Å². The zero-order chi connectivity index (χ0) is 15.6. The lowest BCUT2D eigenvalue weighted by Gasteiger charge is -2.16. The van der Waals surface area contributed by atoms with Crippen molar-refractivity contribution in [3.8, 4) is 0 Å². The normalized spacial score (nSPS) is 12.7. The molecule has 1 atom stereocenters. The average Bonchev–Trinajstić information content (AvgIpc) is 2.75. The van der Waals surface area contributed by atoms with Gasteiger partial charge in [0.2, 0.25) is 0 Å². The molecule has 0 amide bonds. The average molecular weight is 391 g/mol. The van der Waals surface area contributed by atoms with Gasteiger partial charge in [-0.05, 0) is 41.4 Å². The third-order valence-electron chi connectivity index (χ3n) is 3.48. The molecule has 0 aliphatic heterocycles. The van der Waals surface area contributed by atoms with Crippen molar-refractivity contribution in [2.24, 2.45) is 5.73 Å². The van der Waals surface area contributed by atoms with Crippen molar-refractivity contribution >= 4 is 39.1 Å². The molecule has 6 heteroatoms. The van der Waals surface area contributed by atoms with E-state index in [0.29, 0.717) is 16.5 Å². The van der Waals surface area contributed by atoms with Crippen LogP contribution in [0.3, 0.4) is 0 Å². The van der Waals surface area contributed by atoms with Crippen LogP contribution < -0.4 is 5.73 Å². The van der Waals surface area contributed by atoms with E-state index in [2.05, 4.69) is 34.9 Å². The van der Waals surface area contributed by atoms with E-state index in [1.54, 1.807) is 0 Å². The second kappa shape index (κ2) is 7.14. The van der Waals surface area contributed by atoms with Crippen molar-refractivity contribution in [2.45, 2.75) is 39.3 Å². The first-order valence-electron chi connectivity index (χ1n) is 6.93. The Morgan fingerprint density at radius 2 is 1.90 bits per heavy atom. The molecule has 2 aromatic rings. The molecule has 0 fully saturated rings. The van der Waals surface area contributed by atoms with Crippen LogP contribution in [0.2, 0.25) is 10.0 Å². The summed E-state index contributed by atoms with van der Waals surface area (Å²) in [5.41, 5.74) is 9.25. The van der Waals surface area contributed by atoms with Crippen LogP contribution in [0.15, 0.2) is 22.7 Å². The summed E-state index contributed by atoms with van der Waals surface area (Å²) in [6.45, 7) is 4.95. The molecule has 114 valence electrons. The summed E-state index contributed by atoms with van der Waals surface area (Å²) in [6, 6.07) is 5.18. The first-order chi connectivity index (χ1) is 9.99. The van der Waals surface area contributed by atoms with Gasteiger partial charge in [-0.1, -0.05) is 36.2 Å². The summed E-state index contributed by atoms with van der Waals surface area (Å²) in [6.07, 6.45) is 1.51. The lowest BCUT2D eigenvalue weighted by atomic mass is 10.0. The fraction of sp³-hybridized carbons (Fsp3) is 0.400. The maximum absolute atomic E-state index is 6.34. The Bertz CT molecular complexity index is 620. The van der Waals surface area contributed by atoms with E-state index in [4.69, 9.17) is 28.9 Å². The van der Waals surface area contributed by atoms with Crippen LogP contribution in [0.5, 0.6) is 0 Å². The van der Waals surface area contributed by atoms with Gasteiger partial charge in [0.15, 0.2) is 0 Å². The van der Waals surface area contributed by atoms with E-state index < -0.39 is 0 Å². The summed E-state index contributed by atoms with van der Waals surface area (Å²) in [5.74, 6) is 0. The predicted molar refractivity (Wildman–Crippen MR) is 92.1 cm³/mol. The van der Waals surface area contributed by atoms with Gasteiger partial charge >= 0.3 is 0 Å². The number of hydrogen-bond donors (Lipinski definition) is 1. The van der Waals surface area contributed by atoms with E-state index in [1.807, 2.05) is 22.9 Å². The molecule has 21 heavy (non-hydrogen) atoms. The second-order valence-corrected chi connectivity index (χ2v) is 6.43. The van der Waals surface area contributed by atoms with Crippen LogP contribution in [0.4, 0.5) is 0 Å². The molecular weight excluding hydrogens is 373 g/mol. The number of hydrogen-bond acceptors (Lipinski definition) is 2. The van der Waals surface area contributed by atoms with Crippen LogP contribution in [-0.2, 0) is 19.4 Å². The lowest BCUT2D eigenvalue weighted by Crippen LogP contribution is -2.17. The van der Waals surface area contributed by atoms with Crippen LogP contribution in [0.25, 0.3) is 0 Å². The van der Waals surface area contributed by atoms with Gasteiger partial charge in [-0.2, -0.15) is 5.10 Å². The molecule has 2 rings (SSSR count). The molecule has 0 radical (unpaired) electrons. The van der Waals surface area contributed by atoms with Crippen LogP contribution in [0, 0.1) is 0 Å². The topological polar surface area (TPSA) is 43.8 Å². The molecule has 3 nitrogen and oxygen atoms in total. The third kappa shape index (κ3) is 3.45. The number of benzene rings is 1. The second-order valence-electron chi connectivity index (χ2n) is 4.82. The standard InChI is InChI=1S/C15H18BrCl2N3/c1-3-12-15(16)13(21(4-2)20-12)8-11(19)14-9(17)6-5-7-10(14)18/h5-7,11H,3-4,8,19H2,1-2H3. The summed E-state index contributed by atoms with van der Waals surface area (Å²) >= 11 is 16.1. The van der Waals surface area contributed by atoms with Gasteiger partial charge in [0.25, 0.3) is 0 Å². The largest absolute Gasteiger partial charge is 0.324 e. The number of rotatable bonds is 5. The Balaban J connectivity index is 2.36. The zero-order valence-corrected chi connectivity index (χ0v) is 15.1. The highest BCUT2D eigenvalue weighted by molar-refractivity contribution is 9.10. The van der Waals surface area contributed by atoms with Crippen LogP contribution >= 0.6 is 39.1 Å². The summed E-state index contributed by atoms with van der Waals surface area (Å²) in [5, 5.41) is 5.79. The van der Waals surface area contributed by atoms with Crippen molar-refractivity contribution in [3.63, 3.8) is 0 Å². The fourth-order valence-corrected chi connectivity index (χ4v) is 3.79. The molecule has 0 aliphatic rings. The van der Waals surface area contributed by atoms with Gasteiger partial charge in [0.05, 0.1) is 15.9 Å². The molecule has 1 unspecified atom stereocenters. The van der Waals surface area contributed by atoms with Crippen LogP contribution in [0.1, 0.15) is 36.8 Å². The van der Waals surface area contributed by atoms with Crippen molar-refractivity contribution < 1.29 is 0 Å². The number of nitrogens with zero attached hydrogens (tertiary/aromatic N) is 2.